The fourth-order valence-corrected chi connectivity index (χ4v) is 2.71. The fraction of sp³-hybridized carbons (Fsp3) is 0.308. The summed E-state index contributed by atoms with van der Waals surface area (Å²) in [6.45, 7) is 0. The molecule has 0 saturated heterocycles. The van der Waals surface area contributed by atoms with Crippen molar-refractivity contribution in [2.45, 2.75) is 23.4 Å². The van der Waals surface area contributed by atoms with Gasteiger partial charge in [0.05, 0.1) is 11.2 Å². The van der Waals surface area contributed by atoms with E-state index in [2.05, 4.69) is 27.3 Å². The third kappa shape index (κ3) is 2.35. The van der Waals surface area contributed by atoms with Crippen molar-refractivity contribution >= 4 is 17.7 Å². The Morgan fingerprint density at radius 3 is 2.74 bits per heavy atom. The molecule has 1 fully saturated rings. The van der Waals surface area contributed by atoms with Crippen LogP contribution in [0.4, 0.5) is 0 Å². The Morgan fingerprint density at radius 2 is 2.11 bits per heavy atom. The van der Waals surface area contributed by atoms with Crippen molar-refractivity contribution in [1.29, 1.82) is 0 Å². The van der Waals surface area contributed by atoms with E-state index in [0.717, 1.165) is 30.4 Å². The number of aromatic nitrogens is 3. The second kappa shape index (κ2) is 4.70. The standard InChI is InChI=1S/C13H13N3O2S/c17-10(18)8-19-12-14-11(15-16-12)13(6-7-13)9-4-2-1-3-5-9/h1-5H,6-8H2,(H,17,18)(H,14,15,16). The number of nitrogens with zero attached hydrogens (tertiary/aromatic N) is 2. The van der Waals surface area contributed by atoms with Crippen molar-refractivity contribution < 1.29 is 9.90 Å². The van der Waals surface area contributed by atoms with Gasteiger partial charge in [0.2, 0.25) is 5.16 Å². The fourth-order valence-electron chi connectivity index (χ4n) is 2.20. The Labute approximate surface area is 114 Å². The van der Waals surface area contributed by atoms with Crippen molar-refractivity contribution in [3.05, 3.63) is 41.7 Å². The first kappa shape index (κ1) is 12.2. The van der Waals surface area contributed by atoms with Crippen LogP contribution in [0, 0.1) is 0 Å². The zero-order chi connectivity index (χ0) is 13.3. The molecule has 1 aliphatic carbocycles. The molecule has 0 aliphatic heterocycles. The van der Waals surface area contributed by atoms with Gasteiger partial charge in [-0.2, -0.15) is 0 Å². The summed E-state index contributed by atoms with van der Waals surface area (Å²) in [6.07, 6.45) is 2.10. The molecule has 1 aromatic heterocycles. The minimum atomic E-state index is -0.861. The quantitative estimate of drug-likeness (QED) is 0.817. The van der Waals surface area contributed by atoms with Gasteiger partial charge in [0, 0.05) is 0 Å². The van der Waals surface area contributed by atoms with Crippen LogP contribution >= 0.6 is 11.8 Å². The second-order valence-corrected chi connectivity index (χ2v) is 5.54. The van der Waals surface area contributed by atoms with Crippen molar-refractivity contribution in [3.8, 4) is 0 Å². The van der Waals surface area contributed by atoms with Crippen molar-refractivity contribution in [1.82, 2.24) is 15.2 Å². The Hall–Kier alpha value is -1.82. The number of benzene rings is 1. The number of aliphatic carboxylic acids is 1. The first-order valence-electron chi connectivity index (χ1n) is 6.04. The number of carbonyl (C=O) groups is 1. The number of nitrogens with one attached hydrogen (secondary N) is 1. The monoisotopic (exact) mass is 275 g/mol. The number of hydrogen-bond donors (Lipinski definition) is 2. The Kier molecular flexibility index (Phi) is 3.02. The van der Waals surface area contributed by atoms with Gasteiger partial charge in [0.25, 0.3) is 0 Å². The van der Waals surface area contributed by atoms with E-state index in [4.69, 9.17) is 5.11 Å². The number of H-pyrrole nitrogens is 1. The molecule has 1 heterocycles. The lowest BCUT2D eigenvalue weighted by molar-refractivity contribution is -0.133. The molecule has 0 atom stereocenters. The van der Waals surface area contributed by atoms with Crippen LogP contribution in [-0.2, 0) is 10.2 Å². The van der Waals surface area contributed by atoms with E-state index in [1.54, 1.807) is 0 Å². The largest absolute Gasteiger partial charge is 0.481 e. The van der Waals surface area contributed by atoms with Gasteiger partial charge in [-0.25, -0.2) is 4.98 Å². The van der Waals surface area contributed by atoms with Crippen molar-refractivity contribution in [2.24, 2.45) is 0 Å². The highest BCUT2D eigenvalue weighted by molar-refractivity contribution is 7.99. The van der Waals surface area contributed by atoms with Gasteiger partial charge in [-0.1, -0.05) is 42.1 Å². The number of carboxylic acid groups (broad SMARTS) is 1. The molecule has 1 aromatic carbocycles. The Morgan fingerprint density at radius 1 is 1.37 bits per heavy atom. The van der Waals surface area contributed by atoms with Crippen LogP contribution in [0.15, 0.2) is 35.5 Å². The molecule has 2 aromatic rings. The molecule has 0 spiro atoms. The molecule has 98 valence electrons. The SMILES string of the molecule is O=C(O)CSc1n[nH]c(C2(c3ccccc3)CC2)n1. The first-order valence-corrected chi connectivity index (χ1v) is 7.02. The smallest absolute Gasteiger partial charge is 0.313 e. The second-order valence-electron chi connectivity index (χ2n) is 4.60. The van der Waals surface area contributed by atoms with E-state index in [1.165, 1.54) is 5.56 Å². The van der Waals surface area contributed by atoms with Gasteiger partial charge in [0.15, 0.2) is 0 Å². The zero-order valence-corrected chi connectivity index (χ0v) is 11.0. The van der Waals surface area contributed by atoms with Gasteiger partial charge in [-0.05, 0) is 18.4 Å². The number of hydrogen-bond acceptors (Lipinski definition) is 4. The topological polar surface area (TPSA) is 78.9 Å². The van der Waals surface area contributed by atoms with E-state index < -0.39 is 5.97 Å². The number of rotatable bonds is 5. The maximum Gasteiger partial charge on any atom is 0.313 e. The lowest BCUT2D eigenvalue weighted by Gasteiger charge is -2.11. The molecule has 2 N–H and O–H groups in total. The third-order valence-corrected chi connectivity index (χ3v) is 4.15. The van der Waals surface area contributed by atoms with Crippen molar-refractivity contribution in [3.63, 3.8) is 0 Å². The molecule has 0 bridgehead atoms. The van der Waals surface area contributed by atoms with Crippen LogP contribution in [0.25, 0.3) is 0 Å². The highest BCUT2D eigenvalue weighted by atomic mass is 32.2. The van der Waals surface area contributed by atoms with E-state index >= 15 is 0 Å². The van der Waals surface area contributed by atoms with Crippen LogP contribution in [0.3, 0.4) is 0 Å². The summed E-state index contributed by atoms with van der Waals surface area (Å²) < 4.78 is 0. The molecular formula is C13H13N3O2S. The maximum absolute atomic E-state index is 10.5. The van der Waals surface area contributed by atoms with Gasteiger partial charge in [-0.15, -0.1) is 5.10 Å². The summed E-state index contributed by atoms with van der Waals surface area (Å²) in [5, 5.41) is 16.2. The molecule has 1 aliphatic rings. The highest BCUT2D eigenvalue weighted by Gasteiger charge is 2.48. The Balaban J connectivity index is 1.81. The molecule has 5 nitrogen and oxygen atoms in total. The summed E-state index contributed by atoms with van der Waals surface area (Å²) in [7, 11) is 0. The predicted octanol–water partition coefficient (Wildman–Crippen LogP) is 2.06. The summed E-state index contributed by atoms with van der Waals surface area (Å²) in [6, 6.07) is 10.2. The summed E-state index contributed by atoms with van der Waals surface area (Å²) in [5.74, 6) is -0.0394. The third-order valence-electron chi connectivity index (χ3n) is 3.32. The van der Waals surface area contributed by atoms with Crippen molar-refractivity contribution in [2.75, 3.05) is 5.75 Å². The number of thioether (sulfide) groups is 1. The van der Waals surface area contributed by atoms with E-state index in [9.17, 15) is 4.79 Å². The molecular weight excluding hydrogens is 262 g/mol. The Bertz CT molecular complexity index is 593. The van der Waals surface area contributed by atoms with Gasteiger partial charge in [-0.3, -0.25) is 9.89 Å². The van der Waals surface area contributed by atoms with Gasteiger partial charge < -0.3 is 5.11 Å². The zero-order valence-electron chi connectivity index (χ0n) is 10.2. The van der Waals surface area contributed by atoms with E-state index in [-0.39, 0.29) is 11.2 Å². The normalized spacial score (nSPS) is 16.2. The highest BCUT2D eigenvalue weighted by Crippen LogP contribution is 2.52. The maximum atomic E-state index is 10.5. The van der Waals surface area contributed by atoms with Crippen LogP contribution in [0.5, 0.6) is 0 Å². The van der Waals surface area contributed by atoms with E-state index in [1.807, 2.05) is 18.2 Å². The van der Waals surface area contributed by atoms with Crippen LogP contribution in [0.1, 0.15) is 24.2 Å². The predicted molar refractivity (Wildman–Crippen MR) is 71.2 cm³/mol. The molecule has 0 amide bonds. The molecule has 6 heteroatoms. The first-order chi connectivity index (χ1) is 9.21. The molecule has 0 radical (unpaired) electrons. The van der Waals surface area contributed by atoms with Crippen LogP contribution < -0.4 is 0 Å². The van der Waals surface area contributed by atoms with Gasteiger partial charge in [0.1, 0.15) is 5.82 Å². The number of carboxylic acids is 1. The van der Waals surface area contributed by atoms with Crippen LogP contribution in [-0.4, -0.2) is 32.0 Å². The summed E-state index contributed by atoms with van der Waals surface area (Å²) in [4.78, 5) is 14.9. The summed E-state index contributed by atoms with van der Waals surface area (Å²) in [5.41, 5.74) is 1.19. The minimum absolute atomic E-state index is 0.0182. The molecule has 3 rings (SSSR count). The summed E-state index contributed by atoms with van der Waals surface area (Å²) >= 11 is 1.14. The van der Waals surface area contributed by atoms with Crippen LogP contribution in [0.2, 0.25) is 0 Å². The van der Waals surface area contributed by atoms with E-state index in [0.29, 0.717) is 5.16 Å². The van der Waals surface area contributed by atoms with Gasteiger partial charge >= 0.3 is 5.97 Å². The molecule has 1 saturated carbocycles. The molecule has 19 heavy (non-hydrogen) atoms. The molecule has 0 unspecified atom stereocenters. The lowest BCUT2D eigenvalue weighted by atomic mass is 9.95. The number of aromatic amines is 1. The minimum Gasteiger partial charge on any atom is -0.481 e. The average molecular weight is 275 g/mol. The lowest BCUT2D eigenvalue weighted by Crippen LogP contribution is -2.10. The average Bonchev–Trinajstić information content (AvgIpc) is 3.10.